The van der Waals surface area contributed by atoms with E-state index in [1.807, 2.05) is 0 Å². The number of amides is 2. The summed E-state index contributed by atoms with van der Waals surface area (Å²) in [7, 11) is 1.50. The predicted octanol–water partition coefficient (Wildman–Crippen LogP) is 3.06. The van der Waals surface area contributed by atoms with Gasteiger partial charge in [-0.05, 0) is 73.6 Å². The van der Waals surface area contributed by atoms with E-state index in [1.54, 1.807) is 24.3 Å². The van der Waals surface area contributed by atoms with Crippen LogP contribution in [0.3, 0.4) is 0 Å². The molecule has 0 aromatic heterocycles. The van der Waals surface area contributed by atoms with Gasteiger partial charge < -0.3 is 14.2 Å². The molecular formula is C28H27NO8. The zero-order valence-corrected chi connectivity index (χ0v) is 20.4. The SMILES string of the molecule is COc1cccc(C(=O)Oc2ccc(C(=O)COC(=O)CCN3C(=O)C4C5CCC(C5)C4C3=O)cc2)c1. The van der Waals surface area contributed by atoms with Crippen molar-refractivity contribution in [3.8, 4) is 11.5 Å². The van der Waals surface area contributed by atoms with Crippen LogP contribution in [-0.4, -0.2) is 54.7 Å². The predicted molar refractivity (Wildman–Crippen MR) is 129 cm³/mol. The standard InChI is InChI=1S/C28H27NO8/c1-35-21-4-2-3-19(14-21)28(34)37-20-9-7-16(8-10-20)22(30)15-36-23(31)11-12-29-26(32)24-17-5-6-18(13-17)25(24)27(29)33/h2-4,7-10,14,17-18,24-25H,5-6,11-13,15H2,1H3. The van der Waals surface area contributed by atoms with E-state index in [-0.39, 0.29) is 59.8 Å². The van der Waals surface area contributed by atoms with Gasteiger partial charge in [0.15, 0.2) is 12.4 Å². The maximum absolute atomic E-state index is 12.7. The molecule has 0 N–H and O–H groups in total. The molecule has 9 heteroatoms. The fourth-order valence-corrected chi connectivity index (χ4v) is 5.82. The normalized spacial score (nSPS) is 23.6. The average Bonchev–Trinajstić information content (AvgIpc) is 3.60. The van der Waals surface area contributed by atoms with E-state index in [4.69, 9.17) is 14.2 Å². The van der Waals surface area contributed by atoms with Gasteiger partial charge in [0.1, 0.15) is 11.5 Å². The quantitative estimate of drug-likeness (QED) is 0.221. The summed E-state index contributed by atoms with van der Waals surface area (Å²) in [5.41, 5.74) is 0.599. The molecule has 3 aliphatic rings. The van der Waals surface area contributed by atoms with Crippen molar-refractivity contribution in [2.75, 3.05) is 20.3 Å². The van der Waals surface area contributed by atoms with Gasteiger partial charge >= 0.3 is 11.9 Å². The zero-order chi connectivity index (χ0) is 26.1. The summed E-state index contributed by atoms with van der Waals surface area (Å²) in [5.74, 6) is -1.08. The molecule has 1 aliphatic heterocycles. The molecule has 0 spiro atoms. The number of imide groups is 1. The molecule has 37 heavy (non-hydrogen) atoms. The molecule has 2 bridgehead atoms. The van der Waals surface area contributed by atoms with E-state index in [9.17, 15) is 24.0 Å². The van der Waals surface area contributed by atoms with Crippen LogP contribution in [-0.2, 0) is 19.1 Å². The average molecular weight is 506 g/mol. The first-order valence-electron chi connectivity index (χ1n) is 12.4. The summed E-state index contributed by atoms with van der Waals surface area (Å²) < 4.78 is 15.5. The van der Waals surface area contributed by atoms with Gasteiger partial charge in [-0.1, -0.05) is 6.07 Å². The summed E-state index contributed by atoms with van der Waals surface area (Å²) in [5, 5.41) is 0. The lowest BCUT2D eigenvalue weighted by molar-refractivity contribution is -0.145. The zero-order valence-electron chi connectivity index (χ0n) is 20.4. The van der Waals surface area contributed by atoms with Crippen LogP contribution in [0.4, 0.5) is 0 Å². The molecule has 0 radical (unpaired) electrons. The number of benzene rings is 2. The van der Waals surface area contributed by atoms with E-state index in [1.165, 1.54) is 36.3 Å². The van der Waals surface area contributed by atoms with Crippen LogP contribution in [0.15, 0.2) is 48.5 Å². The van der Waals surface area contributed by atoms with Crippen LogP contribution >= 0.6 is 0 Å². The number of fused-ring (bicyclic) bond motifs is 5. The number of carbonyl (C=O) groups is 5. The molecule has 2 aromatic rings. The van der Waals surface area contributed by atoms with Crippen LogP contribution in [0.5, 0.6) is 11.5 Å². The Morgan fingerprint density at radius 3 is 2.22 bits per heavy atom. The molecule has 5 rings (SSSR count). The summed E-state index contributed by atoms with van der Waals surface area (Å²) in [4.78, 5) is 63.6. The highest BCUT2D eigenvalue weighted by molar-refractivity contribution is 6.06. The number of likely N-dealkylation sites (tertiary alicyclic amines) is 1. The van der Waals surface area contributed by atoms with Crippen molar-refractivity contribution in [3.63, 3.8) is 0 Å². The number of carbonyl (C=O) groups excluding carboxylic acids is 5. The number of ether oxygens (including phenoxy) is 3. The van der Waals surface area contributed by atoms with Crippen LogP contribution in [0.25, 0.3) is 0 Å². The highest BCUT2D eigenvalue weighted by Gasteiger charge is 2.60. The third kappa shape index (κ3) is 4.85. The van der Waals surface area contributed by atoms with Crippen LogP contribution < -0.4 is 9.47 Å². The molecule has 9 nitrogen and oxygen atoms in total. The lowest BCUT2D eigenvalue weighted by atomic mass is 9.81. The Bertz CT molecular complexity index is 1230. The van der Waals surface area contributed by atoms with Crippen molar-refractivity contribution in [1.82, 2.24) is 4.90 Å². The van der Waals surface area contributed by atoms with Crippen LogP contribution in [0.1, 0.15) is 46.4 Å². The second-order valence-electron chi connectivity index (χ2n) is 9.69. The minimum atomic E-state index is -0.655. The minimum Gasteiger partial charge on any atom is -0.497 e. The summed E-state index contributed by atoms with van der Waals surface area (Å²) in [6.07, 6.45) is 2.79. The lowest BCUT2D eigenvalue weighted by Crippen LogP contribution is -2.35. The maximum atomic E-state index is 12.7. The van der Waals surface area contributed by atoms with Crippen molar-refractivity contribution in [3.05, 3.63) is 59.7 Å². The third-order valence-electron chi connectivity index (χ3n) is 7.61. The summed E-state index contributed by atoms with van der Waals surface area (Å²) in [6.45, 7) is -0.496. The Hall–Kier alpha value is -4.01. The number of esters is 2. The van der Waals surface area contributed by atoms with Crippen molar-refractivity contribution in [2.45, 2.75) is 25.7 Å². The molecule has 2 amide bonds. The number of Topliss-reactive ketones (excluding diaryl/α,β-unsaturated/α-hetero) is 1. The Balaban J connectivity index is 1.08. The number of nitrogens with zero attached hydrogens (tertiary/aromatic N) is 1. The van der Waals surface area contributed by atoms with Crippen molar-refractivity contribution < 1.29 is 38.2 Å². The lowest BCUT2D eigenvalue weighted by Gasteiger charge is -2.19. The Kier molecular flexibility index (Phi) is 6.78. The molecule has 2 aromatic carbocycles. The molecule has 4 atom stereocenters. The molecule has 2 saturated carbocycles. The van der Waals surface area contributed by atoms with Gasteiger partial charge in [-0.25, -0.2) is 4.79 Å². The van der Waals surface area contributed by atoms with Crippen molar-refractivity contribution in [1.29, 1.82) is 0 Å². The molecule has 1 heterocycles. The number of hydrogen-bond acceptors (Lipinski definition) is 8. The minimum absolute atomic E-state index is 0.0233. The van der Waals surface area contributed by atoms with E-state index in [0.717, 1.165) is 19.3 Å². The highest BCUT2D eigenvalue weighted by Crippen LogP contribution is 2.56. The Morgan fingerprint density at radius 1 is 0.892 bits per heavy atom. The summed E-state index contributed by atoms with van der Waals surface area (Å²) >= 11 is 0. The second kappa shape index (κ2) is 10.2. The second-order valence-corrected chi connectivity index (χ2v) is 9.69. The molecule has 4 unspecified atom stereocenters. The number of hydrogen-bond donors (Lipinski definition) is 0. The Labute approximate surface area is 213 Å². The fraction of sp³-hybridized carbons (Fsp3) is 0.393. The van der Waals surface area contributed by atoms with Gasteiger partial charge in [-0.3, -0.25) is 24.1 Å². The fourth-order valence-electron chi connectivity index (χ4n) is 5.82. The van der Waals surface area contributed by atoms with Gasteiger partial charge in [0, 0.05) is 12.1 Å². The largest absolute Gasteiger partial charge is 0.497 e. The smallest absolute Gasteiger partial charge is 0.343 e. The van der Waals surface area contributed by atoms with Crippen molar-refractivity contribution in [2.24, 2.45) is 23.7 Å². The molecule has 1 saturated heterocycles. The van der Waals surface area contributed by atoms with Gasteiger partial charge in [0.2, 0.25) is 11.8 Å². The molecule has 3 fully saturated rings. The number of ketones is 1. The molecule has 2 aliphatic carbocycles. The number of rotatable bonds is 9. The number of methoxy groups -OCH3 is 1. The van der Waals surface area contributed by atoms with E-state index < -0.39 is 24.3 Å². The van der Waals surface area contributed by atoms with Crippen molar-refractivity contribution >= 4 is 29.5 Å². The summed E-state index contributed by atoms with van der Waals surface area (Å²) in [6, 6.07) is 12.4. The maximum Gasteiger partial charge on any atom is 0.343 e. The Morgan fingerprint density at radius 2 is 1.57 bits per heavy atom. The third-order valence-corrected chi connectivity index (χ3v) is 7.61. The van der Waals surface area contributed by atoms with E-state index in [2.05, 4.69) is 0 Å². The van der Waals surface area contributed by atoms with E-state index >= 15 is 0 Å². The van der Waals surface area contributed by atoms with Gasteiger partial charge in [-0.15, -0.1) is 0 Å². The highest BCUT2D eigenvalue weighted by atomic mass is 16.5. The van der Waals surface area contributed by atoms with Crippen LogP contribution in [0.2, 0.25) is 0 Å². The first-order chi connectivity index (χ1) is 17.9. The molecular weight excluding hydrogens is 478 g/mol. The van der Waals surface area contributed by atoms with E-state index in [0.29, 0.717) is 11.3 Å². The first-order valence-corrected chi connectivity index (χ1v) is 12.4. The first kappa shape index (κ1) is 24.7. The topological polar surface area (TPSA) is 116 Å². The van der Waals surface area contributed by atoms with Crippen LogP contribution in [0, 0.1) is 23.7 Å². The van der Waals surface area contributed by atoms with Gasteiger partial charge in [-0.2, -0.15) is 0 Å². The monoisotopic (exact) mass is 505 g/mol. The molecule has 192 valence electrons. The van der Waals surface area contributed by atoms with Gasteiger partial charge in [0.25, 0.3) is 0 Å². The van der Waals surface area contributed by atoms with Gasteiger partial charge in [0.05, 0.1) is 30.9 Å².